The lowest BCUT2D eigenvalue weighted by Gasteiger charge is -2.16. The smallest absolute Gasteiger partial charge is 0.0610 e. The molecule has 76 valence electrons. The first kappa shape index (κ1) is 11.1. The highest BCUT2D eigenvalue weighted by Gasteiger charge is 1.99. The van der Waals surface area contributed by atoms with Crippen molar-refractivity contribution in [2.45, 2.75) is 13.8 Å². The lowest BCUT2D eigenvalue weighted by Crippen LogP contribution is -2.27. The third-order valence-corrected chi connectivity index (χ3v) is 2.36. The molecule has 0 aromatic carbocycles. The maximum Gasteiger partial charge on any atom is 0.0610 e. The highest BCUT2D eigenvalue weighted by molar-refractivity contribution is 5.10. The van der Waals surface area contributed by atoms with Crippen LogP contribution in [0.4, 0.5) is 0 Å². The molecule has 1 rings (SSSR count). The molecule has 0 fully saturated rings. The molecule has 2 nitrogen and oxygen atoms in total. The minimum absolute atomic E-state index is 0.850. The van der Waals surface area contributed by atoms with Gasteiger partial charge >= 0.3 is 0 Å². The van der Waals surface area contributed by atoms with Gasteiger partial charge in [-0.2, -0.15) is 0 Å². The lowest BCUT2D eigenvalue weighted by atomic mass is 10.4. The summed E-state index contributed by atoms with van der Waals surface area (Å²) in [7, 11) is 0. The van der Waals surface area contributed by atoms with E-state index < -0.39 is 0 Å². The Hall–Kier alpha value is -0.960. The summed E-state index contributed by atoms with van der Waals surface area (Å²) in [6.07, 6.45) is 0. The molecule has 2 heteroatoms. The molecule has 0 spiro atoms. The van der Waals surface area contributed by atoms with Crippen molar-refractivity contribution in [1.29, 1.82) is 0 Å². The topological polar surface area (TPSA) is 6.48 Å². The molecular formula is C12H18N2. The number of nitrogens with zero attached hydrogens (tertiary/aromatic N) is 2. The van der Waals surface area contributed by atoms with E-state index in [-0.39, 0.29) is 0 Å². The van der Waals surface area contributed by atoms with Gasteiger partial charge in [-0.25, -0.2) is 0 Å². The van der Waals surface area contributed by atoms with Gasteiger partial charge in [-0.3, -0.25) is 9.80 Å². The zero-order valence-corrected chi connectivity index (χ0v) is 9.14. The largest absolute Gasteiger partial charge is 0.281 e. The van der Waals surface area contributed by atoms with Crippen LogP contribution in [0.2, 0.25) is 0 Å². The quantitative estimate of drug-likeness (QED) is 0.590. The van der Waals surface area contributed by atoms with Gasteiger partial charge in [0.15, 0.2) is 0 Å². The Balaban J connectivity index is 2.54. The van der Waals surface area contributed by atoms with Crippen molar-refractivity contribution in [3.8, 4) is 23.7 Å². The van der Waals surface area contributed by atoms with Gasteiger partial charge in [0.2, 0.25) is 0 Å². The minimum atomic E-state index is 0.850. The lowest BCUT2D eigenvalue weighted by molar-refractivity contribution is 0.354. The van der Waals surface area contributed by atoms with Crippen LogP contribution in [0.3, 0.4) is 0 Å². The van der Waals surface area contributed by atoms with E-state index in [2.05, 4.69) is 47.3 Å². The molecule has 0 bridgehead atoms. The van der Waals surface area contributed by atoms with Crippen LogP contribution in [0.1, 0.15) is 13.8 Å². The molecule has 1 aliphatic heterocycles. The van der Waals surface area contributed by atoms with E-state index in [1.165, 1.54) is 0 Å². The zero-order chi connectivity index (χ0) is 10.2. The van der Waals surface area contributed by atoms with E-state index in [0.29, 0.717) is 0 Å². The Labute approximate surface area is 87.3 Å². The van der Waals surface area contributed by atoms with E-state index in [1.807, 2.05) is 0 Å². The van der Waals surface area contributed by atoms with Crippen LogP contribution >= 0.6 is 0 Å². The van der Waals surface area contributed by atoms with Crippen molar-refractivity contribution in [1.82, 2.24) is 9.80 Å². The van der Waals surface area contributed by atoms with Gasteiger partial charge in [-0.05, 0) is 13.1 Å². The second-order valence-electron chi connectivity index (χ2n) is 3.31. The first-order valence-electron chi connectivity index (χ1n) is 5.23. The van der Waals surface area contributed by atoms with E-state index in [4.69, 9.17) is 0 Å². The van der Waals surface area contributed by atoms with Gasteiger partial charge in [0.25, 0.3) is 0 Å². The molecule has 0 N–H and O–H groups in total. The van der Waals surface area contributed by atoms with Crippen molar-refractivity contribution < 1.29 is 0 Å². The highest BCUT2D eigenvalue weighted by atomic mass is 15.1. The zero-order valence-electron chi connectivity index (χ0n) is 9.14. The fourth-order valence-electron chi connectivity index (χ4n) is 1.23. The molecule has 0 saturated heterocycles. The van der Waals surface area contributed by atoms with Gasteiger partial charge in [-0.15, -0.1) is 0 Å². The van der Waals surface area contributed by atoms with E-state index in [0.717, 1.165) is 39.3 Å². The van der Waals surface area contributed by atoms with Gasteiger partial charge in [0, 0.05) is 0 Å². The average Bonchev–Trinajstić information content (AvgIpc) is 2.25. The van der Waals surface area contributed by atoms with Crippen LogP contribution < -0.4 is 0 Å². The molecule has 0 atom stereocenters. The van der Waals surface area contributed by atoms with Crippen LogP contribution in [-0.2, 0) is 0 Å². The standard InChI is InChI=1S/C12H18N2/c1-3-13-9-5-7-11-14(4-2)12-8-6-10-13/h3-4,9-12H2,1-2H3. The van der Waals surface area contributed by atoms with Crippen molar-refractivity contribution in [2.24, 2.45) is 0 Å². The van der Waals surface area contributed by atoms with Gasteiger partial charge in [-0.1, -0.05) is 37.5 Å². The summed E-state index contributed by atoms with van der Waals surface area (Å²) in [4.78, 5) is 4.50. The molecule has 0 aromatic rings. The third kappa shape index (κ3) is 3.83. The maximum atomic E-state index is 3.19. The highest BCUT2D eigenvalue weighted by Crippen LogP contribution is 1.89. The monoisotopic (exact) mass is 190 g/mol. The van der Waals surface area contributed by atoms with E-state index in [9.17, 15) is 0 Å². The van der Waals surface area contributed by atoms with Gasteiger partial charge in [0.05, 0.1) is 26.2 Å². The predicted octanol–water partition coefficient (Wildman–Crippen LogP) is 0.651. The van der Waals surface area contributed by atoms with Crippen LogP contribution in [-0.4, -0.2) is 49.1 Å². The Morgan fingerprint density at radius 1 is 0.714 bits per heavy atom. The normalized spacial score (nSPS) is 19.0. The molecule has 0 amide bonds. The molecule has 1 aliphatic rings. The first-order valence-corrected chi connectivity index (χ1v) is 5.23. The third-order valence-electron chi connectivity index (χ3n) is 2.36. The second kappa shape index (κ2) is 6.49. The Bertz CT molecular complexity index is 224. The summed E-state index contributed by atoms with van der Waals surface area (Å²) < 4.78 is 0. The summed E-state index contributed by atoms with van der Waals surface area (Å²) in [5.41, 5.74) is 0. The van der Waals surface area contributed by atoms with Crippen molar-refractivity contribution in [2.75, 3.05) is 39.3 Å². The summed E-state index contributed by atoms with van der Waals surface area (Å²) in [5, 5.41) is 0. The van der Waals surface area contributed by atoms with Crippen molar-refractivity contribution >= 4 is 0 Å². The number of hydrogen-bond acceptors (Lipinski definition) is 2. The summed E-state index contributed by atoms with van der Waals surface area (Å²) >= 11 is 0. The van der Waals surface area contributed by atoms with Gasteiger partial charge in [0.1, 0.15) is 0 Å². The van der Waals surface area contributed by atoms with E-state index in [1.54, 1.807) is 0 Å². The Morgan fingerprint density at radius 3 is 1.21 bits per heavy atom. The number of hydrogen-bond donors (Lipinski definition) is 0. The fourth-order valence-corrected chi connectivity index (χ4v) is 1.23. The second-order valence-corrected chi connectivity index (χ2v) is 3.31. The summed E-state index contributed by atoms with van der Waals surface area (Å²) in [6, 6.07) is 0. The Kier molecular flexibility index (Phi) is 5.15. The summed E-state index contributed by atoms with van der Waals surface area (Å²) in [6.45, 7) is 9.75. The molecule has 14 heavy (non-hydrogen) atoms. The first-order chi connectivity index (χ1) is 6.86. The molecular weight excluding hydrogens is 172 g/mol. The van der Waals surface area contributed by atoms with Gasteiger partial charge < -0.3 is 0 Å². The molecule has 0 aromatic heterocycles. The minimum Gasteiger partial charge on any atom is -0.281 e. The number of rotatable bonds is 2. The predicted molar refractivity (Wildman–Crippen MR) is 59.8 cm³/mol. The molecule has 0 aliphatic carbocycles. The SMILES string of the molecule is CCN1CC#CCN(CC)CC#CC1. The van der Waals surface area contributed by atoms with E-state index >= 15 is 0 Å². The van der Waals surface area contributed by atoms with Crippen LogP contribution in [0, 0.1) is 23.7 Å². The Morgan fingerprint density at radius 2 is 1.00 bits per heavy atom. The van der Waals surface area contributed by atoms with Crippen molar-refractivity contribution in [3.05, 3.63) is 0 Å². The molecule has 0 unspecified atom stereocenters. The molecule has 1 heterocycles. The van der Waals surface area contributed by atoms with Crippen LogP contribution in [0.5, 0.6) is 0 Å². The van der Waals surface area contributed by atoms with Crippen LogP contribution in [0.25, 0.3) is 0 Å². The average molecular weight is 190 g/mol. The van der Waals surface area contributed by atoms with Crippen LogP contribution in [0.15, 0.2) is 0 Å². The fraction of sp³-hybridized carbons (Fsp3) is 0.667. The molecule has 0 radical (unpaired) electrons. The maximum absolute atomic E-state index is 3.19. The summed E-state index contributed by atoms with van der Waals surface area (Å²) in [5.74, 6) is 12.7. The van der Waals surface area contributed by atoms with Crippen molar-refractivity contribution in [3.63, 3.8) is 0 Å². The molecule has 0 saturated carbocycles.